The topological polar surface area (TPSA) is 85.6 Å². The average Bonchev–Trinajstić information content (AvgIpc) is 3.16. The first-order valence-electron chi connectivity index (χ1n) is 8.77. The number of non-ortho nitro benzene ring substituents is 1. The van der Waals surface area contributed by atoms with Crippen LogP contribution in [0.5, 0.6) is 5.88 Å². The molecule has 1 aromatic heterocycles. The van der Waals surface area contributed by atoms with Gasteiger partial charge in [-0.2, -0.15) is 0 Å². The predicted octanol–water partition coefficient (Wildman–Crippen LogP) is 4.09. The van der Waals surface area contributed by atoms with Crippen LogP contribution in [0.15, 0.2) is 54.6 Å². The van der Waals surface area contributed by atoms with E-state index in [-0.39, 0.29) is 28.3 Å². The Balaban J connectivity index is 1.47. The van der Waals surface area contributed by atoms with E-state index in [0.29, 0.717) is 25.4 Å². The number of likely N-dealkylation sites (tertiary alicyclic amines) is 1. The second kappa shape index (κ2) is 7.44. The van der Waals surface area contributed by atoms with Crippen molar-refractivity contribution in [2.45, 2.75) is 12.5 Å². The van der Waals surface area contributed by atoms with Crippen LogP contribution in [0.2, 0.25) is 5.02 Å². The number of ether oxygens (including phenoxy) is 1. The number of halogens is 1. The quantitative estimate of drug-likeness (QED) is 0.489. The summed E-state index contributed by atoms with van der Waals surface area (Å²) in [5.41, 5.74) is 0.801. The van der Waals surface area contributed by atoms with Crippen LogP contribution >= 0.6 is 11.6 Å². The standard InChI is InChI=1S/C20H16ClN3O4/c21-17-7-6-14(24(26)27)11-16(17)20(25)23-10-9-15(12-23)28-19-8-5-13-3-1-2-4-18(13)22-19/h1-8,11,15H,9-10,12H2. The van der Waals surface area contributed by atoms with Crippen LogP contribution in [0.1, 0.15) is 16.8 Å². The number of hydrogen-bond donors (Lipinski definition) is 0. The summed E-state index contributed by atoms with van der Waals surface area (Å²) in [4.78, 5) is 29.3. The van der Waals surface area contributed by atoms with E-state index < -0.39 is 4.92 Å². The molecule has 1 unspecified atom stereocenters. The molecule has 0 saturated carbocycles. The lowest BCUT2D eigenvalue weighted by Gasteiger charge is -2.17. The number of nitrogens with zero attached hydrogens (tertiary/aromatic N) is 3. The number of nitro groups is 1. The van der Waals surface area contributed by atoms with Gasteiger partial charge >= 0.3 is 0 Å². The first-order chi connectivity index (χ1) is 13.5. The molecule has 0 radical (unpaired) electrons. The highest BCUT2D eigenvalue weighted by molar-refractivity contribution is 6.33. The van der Waals surface area contributed by atoms with Crippen molar-refractivity contribution in [3.05, 3.63) is 75.3 Å². The van der Waals surface area contributed by atoms with E-state index in [9.17, 15) is 14.9 Å². The number of rotatable bonds is 4. The van der Waals surface area contributed by atoms with Crippen LogP contribution in [0.3, 0.4) is 0 Å². The van der Waals surface area contributed by atoms with Crippen molar-refractivity contribution in [1.82, 2.24) is 9.88 Å². The molecule has 2 heterocycles. The molecule has 1 aliphatic heterocycles. The van der Waals surface area contributed by atoms with Crippen molar-refractivity contribution < 1.29 is 14.5 Å². The maximum atomic E-state index is 12.8. The van der Waals surface area contributed by atoms with E-state index in [4.69, 9.17) is 16.3 Å². The number of aromatic nitrogens is 1. The molecule has 1 saturated heterocycles. The van der Waals surface area contributed by atoms with E-state index in [1.54, 1.807) is 4.90 Å². The largest absolute Gasteiger partial charge is 0.472 e. The maximum absolute atomic E-state index is 12.8. The van der Waals surface area contributed by atoms with Gasteiger partial charge in [-0.15, -0.1) is 0 Å². The molecule has 0 bridgehead atoms. The number of pyridine rings is 1. The van der Waals surface area contributed by atoms with E-state index in [1.807, 2.05) is 36.4 Å². The monoisotopic (exact) mass is 397 g/mol. The summed E-state index contributed by atoms with van der Waals surface area (Å²) in [5, 5.41) is 12.2. The van der Waals surface area contributed by atoms with Gasteiger partial charge in [-0.05, 0) is 18.2 Å². The zero-order valence-electron chi connectivity index (χ0n) is 14.7. The summed E-state index contributed by atoms with van der Waals surface area (Å²) in [5.74, 6) is 0.164. The molecule has 8 heteroatoms. The summed E-state index contributed by atoms with van der Waals surface area (Å²) in [6.07, 6.45) is 0.447. The fourth-order valence-corrected chi connectivity index (χ4v) is 3.45. The van der Waals surface area contributed by atoms with Crippen LogP contribution in [0.25, 0.3) is 10.9 Å². The molecule has 1 fully saturated rings. The van der Waals surface area contributed by atoms with Gasteiger partial charge in [-0.1, -0.05) is 29.8 Å². The molecular formula is C20H16ClN3O4. The molecule has 0 spiro atoms. The Kier molecular flexibility index (Phi) is 4.83. The molecular weight excluding hydrogens is 382 g/mol. The van der Waals surface area contributed by atoms with Gasteiger partial charge in [0.05, 0.1) is 27.6 Å². The highest BCUT2D eigenvalue weighted by Gasteiger charge is 2.30. The van der Waals surface area contributed by atoms with Crippen LogP contribution in [0, 0.1) is 10.1 Å². The SMILES string of the molecule is O=C(c1cc([N+](=O)[O-])ccc1Cl)N1CCC(Oc2ccc3ccccc3n2)C1. The molecule has 7 nitrogen and oxygen atoms in total. The fraction of sp³-hybridized carbons (Fsp3) is 0.200. The molecule has 2 aromatic carbocycles. The van der Waals surface area contributed by atoms with Gasteiger partial charge in [-0.3, -0.25) is 14.9 Å². The molecule has 4 rings (SSSR count). The molecule has 28 heavy (non-hydrogen) atoms. The number of benzene rings is 2. The summed E-state index contributed by atoms with van der Waals surface area (Å²) in [6, 6.07) is 15.4. The minimum atomic E-state index is -0.547. The van der Waals surface area contributed by atoms with Gasteiger partial charge in [0.2, 0.25) is 5.88 Å². The van der Waals surface area contributed by atoms with Crippen molar-refractivity contribution in [2.24, 2.45) is 0 Å². The van der Waals surface area contributed by atoms with Gasteiger partial charge in [0, 0.05) is 36.6 Å². The van der Waals surface area contributed by atoms with Crippen molar-refractivity contribution in [2.75, 3.05) is 13.1 Å². The van der Waals surface area contributed by atoms with Crippen molar-refractivity contribution in [3.63, 3.8) is 0 Å². The van der Waals surface area contributed by atoms with Crippen LogP contribution < -0.4 is 4.74 Å². The predicted molar refractivity (Wildman–Crippen MR) is 105 cm³/mol. The van der Waals surface area contributed by atoms with Crippen molar-refractivity contribution in [1.29, 1.82) is 0 Å². The normalized spacial score (nSPS) is 16.3. The summed E-state index contributed by atoms with van der Waals surface area (Å²) >= 11 is 6.08. The van der Waals surface area contributed by atoms with Crippen molar-refractivity contribution >= 4 is 34.1 Å². The molecule has 1 amide bonds. The minimum Gasteiger partial charge on any atom is -0.472 e. The summed E-state index contributed by atoms with van der Waals surface area (Å²) < 4.78 is 5.95. The Labute approximate surface area is 165 Å². The lowest BCUT2D eigenvalue weighted by Crippen LogP contribution is -2.31. The number of nitro benzene ring substituents is 1. The molecule has 1 atom stereocenters. The Hall–Kier alpha value is -3.19. The van der Waals surface area contributed by atoms with E-state index in [0.717, 1.165) is 10.9 Å². The average molecular weight is 398 g/mol. The Morgan fingerprint density at radius 2 is 2.04 bits per heavy atom. The van der Waals surface area contributed by atoms with Crippen molar-refractivity contribution in [3.8, 4) is 5.88 Å². The van der Waals surface area contributed by atoms with Gasteiger partial charge in [0.1, 0.15) is 6.10 Å². The van der Waals surface area contributed by atoms with Gasteiger partial charge in [0.15, 0.2) is 0 Å². The Morgan fingerprint density at radius 1 is 1.21 bits per heavy atom. The highest BCUT2D eigenvalue weighted by Crippen LogP contribution is 2.26. The fourth-order valence-electron chi connectivity index (χ4n) is 3.25. The molecule has 0 aliphatic carbocycles. The van der Waals surface area contributed by atoms with Gasteiger partial charge in [-0.25, -0.2) is 4.98 Å². The first-order valence-corrected chi connectivity index (χ1v) is 9.15. The van der Waals surface area contributed by atoms with E-state index in [2.05, 4.69) is 4.98 Å². The van der Waals surface area contributed by atoms with Crippen LogP contribution in [0.4, 0.5) is 5.69 Å². The second-order valence-corrected chi connectivity index (χ2v) is 6.95. The molecule has 1 aliphatic rings. The number of carbonyl (C=O) groups is 1. The number of para-hydroxylation sites is 1. The third kappa shape index (κ3) is 3.61. The second-order valence-electron chi connectivity index (χ2n) is 6.54. The lowest BCUT2D eigenvalue weighted by molar-refractivity contribution is -0.384. The maximum Gasteiger partial charge on any atom is 0.270 e. The Bertz CT molecular complexity index is 1070. The number of amides is 1. The van der Waals surface area contributed by atoms with Crippen LogP contribution in [-0.4, -0.2) is 39.9 Å². The first kappa shape index (κ1) is 18.2. The Morgan fingerprint density at radius 3 is 2.86 bits per heavy atom. The summed E-state index contributed by atoms with van der Waals surface area (Å²) in [6.45, 7) is 0.850. The number of fused-ring (bicyclic) bond motifs is 1. The van der Waals surface area contributed by atoms with Gasteiger partial charge in [0.25, 0.3) is 11.6 Å². The minimum absolute atomic E-state index is 0.125. The molecule has 3 aromatic rings. The molecule has 142 valence electrons. The smallest absolute Gasteiger partial charge is 0.270 e. The van der Waals surface area contributed by atoms with Crippen LogP contribution in [-0.2, 0) is 0 Å². The van der Waals surface area contributed by atoms with E-state index >= 15 is 0 Å². The highest BCUT2D eigenvalue weighted by atomic mass is 35.5. The third-order valence-corrected chi connectivity index (χ3v) is 5.01. The third-order valence-electron chi connectivity index (χ3n) is 4.68. The zero-order valence-corrected chi connectivity index (χ0v) is 15.5. The summed E-state index contributed by atoms with van der Waals surface area (Å²) in [7, 11) is 0. The lowest BCUT2D eigenvalue weighted by atomic mass is 10.2. The number of carbonyl (C=O) groups excluding carboxylic acids is 1. The van der Waals surface area contributed by atoms with Gasteiger partial charge < -0.3 is 9.64 Å². The van der Waals surface area contributed by atoms with E-state index in [1.165, 1.54) is 18.2 Å². The number of hydrogen-bond acceptors (Lipinski definition) is 5. The molecule has 0 N–H and O–H groups in total. The zero-order chi connectivity index (χ0) is 19.7.